The van der Waals surface area contributed by atoms with Crippen LogP contribution < -0.4 is 0 Å². The third kappa shape index (κ3) is 5.60. The number of esters is 1. The van der Waals surface area contributed by atoms with Gasteiger partial charge in [0, 0.05) is 41.5 Å². The van der Waals surface area contributed by atoms with Crippen molar-refractivity contribution in [3.8, 4) is 0 Å². The highest BCUT2D eigenvalue weighted by atomic mass is 32.2. The third-order valence-corrected chi connectivity index (χ3v) is 12.5. The molecule has 0 aromatic carbocycles. The molecule has 1 amide bonds. The van der Waals surface area contributed by atoms with E-state index in [9.17, 15) is 19.5 Å². The van der Waals surface area contributed by atoms with E-state index in [-0.39, 0.29) is 52.0 Å². The first-order valence-corrected chi connectivity index (χ1v) is 16.3. The van der Waals surface area contributed by atoms with Gasteiger partial charge in [0.15, 0.2) is 0 Å². The van der Waals surface area contributed by atoms with Gasteiger partial charge in [0.05, 0.1) is 11.9 Å². The van der Waals surface area contributed by atoms with Crippen molar-refractivity contribution in [3.63, 3.8) is 0 Å². The van der Waals surface area contributed by atoms with Gasteiger partial charge in [-0.2, -0.15) is 0 Å². The van der Waals surface area contributed by atoms with E-state index in [2.05, 4.69) is 27.4 Å². The summed E-state index contributed by atoms with van der Waals surface area (Å²) in [6, 6.07) is 0. The van der Waals surface area contributed by atoms with E-state index >= 15 is 0 Å². The molecule has 7 nitrogen and oxygen atoms in total. The average molecular weight is 578 g/mol. The van der Waals surface area contributed by atoms with Crippen LogP contribution in [0.1, 0.15) is 93.4 Å². The summed E-state index contributed by atoms with van der Waals surface area (Å²) in [6.07, 6.45) is 5.66. The van der Waals surface area contributed by atoms with Gasteiger partial charge < -0.3 is 19.5 Å². The summed E-state index contributed by atoms with van der Waals surface area (Å²) in [6.45, 7) is 19.4. The molecule has 3 aliphatic carbocycles. The maximum atomic E-state index is 13.5. The Morgan fingerprint density at radius 1 is 1.15 bits per heavy atom. The SMILES string of the molecule is C=C[C@]1(C)C[C@@H](OC(=O)CSC2CCN(C(=O)OC(C)(C)C)CC2)[C@]2(C)[C@H](C)CC[C@]3(CCC(=O)[C@@H]32)[C@@H](C)[C@@H]1O. The van der Waals surface area contributed by atoms with Crippen LogP contribution >= 0.6 is 11.8 Å². The van der Waals surface area contributed by atoms with Crippen molar-refractivity contribution in [3.05, 3.63) is 12.7 Å². The summed E-state index contributed by atoms with van der Waals surface area (Å²) in [7, 11) is 0. The van der Waals surface area contributed by atoms with Crippen molar-refractivity contribution in [2.24, 2.45) is 34.0 Å². The Labute approximate surface area is 245 Å². The molecule has 4 fully saturated rings. The van der Waals surface area contributed by atoms with Crippen molar-refractivity contribution in [1.29, 1.82) is 0 Å². The standard InChI is InChI=1S/C32H51NO6S/c1-9-30(7)18-24(31(8)20(2)10-14-32(21(3)27(30)36)15-11-23(34)26(31)32)38-25(35)19-40-22-12-16-33(17-13-22)28(37)39-29(4,5)6/h9,20-22,24,26-27,36H,1,10-19H2,2-8H3/t20-,21+,24-,26-,27+,30-,31+,32+/m1/s1. The molecule has 0 aromatic heterocycles. The normalized spacial score (nSPS) is 40.5. The van der Waals surface area contributed by atoms with E-state index in [4.69, 9.17) is 9.47 Å². The third-order valence-electron chi connectivity index (χ3n) is 11.1. The molecule has 0 unspecified atom stereocenters. The molecule has 1 aliphatic heterocycles. The molecule has 8 heteroatoms. The van der Waals surface area contributed by atoms with Crippen LogP contribution in [0, 0.1) is 34.0 Å². The van der Waals surface area contributed by atoms with Gasteiger partial charge in [-0.15, -0.1) is 18.3 Å². The lowest BCUT2D eigenvalue weighted by molar-refractivity contribution is -0.205. The molecule has 0 radical (unpaired) electrons. The Kier molecular flexibility index (Phi) is 8.85. The lowest BCUT2D eigenvalue weighted by Gasteiger charge is -2.61. The molecule has 226 valence electrons. The number of nitrogens with zero attached hydrogens (tertiary/aromatic N) is 1. The Balaban J connectivity index is 1.47. The van der Waals surface area contributed by atoms with Gasteiger partial charge in [-0.05, 0) is 76.5 Å². The molecule has 4 aliphatic rings. The summed E-state index contributed by atoms with van der Waals surface area (Å²) in [5, 5.41) is 11.9. The second-order valence-electron chi connectivity index (χ2n) is 14.5. The lowest BCUT2D eigenvalue weighted by atomic mass is 9.44. The van der Waals surface area contributed by atoms with Crippen LogP contribution in [0.25, 0.3) is 0 Å². The zero-order chi connectivity index (χ0) is 29.7. The molecular weight excluding hydrogens is 526 g/mol. The fraction of sp³-hybridized carbons (Fsp3) is 0.844. The lowest BCUT2D eigenvalue weighted by Crippen LogP contribution is -2.63. The number of ketones is 1. The van der Waals surface area contributed by atoms with Gasteiger partial charge in [-0.1, -0.05) is 33.8 Å². The fourth-order valence-electron chi connectivity index (χ4n) is 8.41. The Hall–Kier alpha value is -1.54. The predicted octanol–water partition coefficient (Wildman–Crippen LogP) is 6.03. The predicted molar refractivity (Wildman–Crippen MR) is 158 cm³/mol. The number of likely N-dealkylation sites (tertiary alicyclic amines) is 1. The fourth-order valence-corrected chi connectivity index (χ4v) is 9.40. The number of carbonyl (C=O) groups excluding carboxylic acids is 3. The molecule has 8 atom stereocenters. The topological polar surface area (TPSA) is 93.1 Å². The summed E-state index contributed by atoms with van der Waals surface area (Å²) in [5.41, 5.74) is -1.92. The van der Waals surface area contributed by atoms with Crippen LogP contribution in [0.4, 0.5) is 4.79 Å². The quantitative estimate of drug-likeness (QED) is 0.315. The van der Waals surface area contributed by atoms with Gasteiger partial charge in [0.2, 0.25) is 0 Å². The van der Waals surface area contributed by atoms with Crippen LogP contribution in [-0.2, 0) is 19.1 Å². The van der Waals surface area contributed by atoms with E-state index in [1.54, 1.807) is 16.7 Å². The number of carbonyl (C=O) groups is 3. The zero-order valence-corrected chi connectivity index (χ0v) is 26.5. The van der Waals surface area contributed by atoms with Gasteiger partial charge in [-0.3, -0.25) is 9.59 Å². The molecule has 0 spiro atoms. The number of hydrogen-bond acceptors (Lipinski definition) is 7. The average Bonchev–Trinajstić information content (AvgIpc) is 3.25. The number of amides is 1. The molecule has 4 rings (SSSR count). The molecule has 1 heterocycles. The first-order chi connectivity index (χ1) is 18.6. The van der Waals surface area contributed by atoms with Crippen LogP contribution in [0.15, 0.2) is 12.7 Å². The van der Waals surface area contributed by atoms with Crippen molar-refractivity contribution in [1.82, 2.24) is 4.90 Å². The van der Waals surface area contributed by atoms with Gasteiger partial charge in [-0.25, -0.2) is 4.79 Å². The number of aliphatic hydroxyl groups is 1. The first-order valence-electron chi connectivity index (χ1n) is 15.2. The number of thioether (sulfide) groups is 1. The highest BCUT2D eigenvalue weighted by Gasteiger charge is 2.68. The minimum atomic E-state index is -0.665. The van der Waals surface area contributed by atoms with Crippen LogP contribution in [-0.4, -0.2) is 69.8 Å². The van der Waals surface area contributed by atoms with E-state index in [1.807, 2.05) is 33.8 Å². The van der Waals surface area contributed by atoms with E-state index in [0.717, 1.165) is 32.1 Å². The van der Waals surface area contributed by atoms with Crippen molar-refractivity contribution >= 4 is 29.6 Å². The van der Waals surface area contributed by atoms with Crippen LogP contribution in [0.5, 0.6) is 0 Å². The maximum Gasteiger partial charge on any atom is 0.410 e. The van der Waals surface area contributed by atoms with Crippen molar-refractivity contribution in [2.45, 2.75) is 116 Å². The second kappa shape index (κ2) is 11.3. The number of rotatable bonds is 5. The Morgan fingerprint density at radius 3 is 2.40 bits per heavy atom. The van der Waals surface area contributed by atoms with E-state index in [1.165, 1.54) is 0 Å². The minimum Gasteiger partial charge on any atom is -0.461 e. The molecule has 3 saturated carbocycles. The largest absolute Gasteiger partial charge is 0.461 e. The summed E-state index contributed by atoms with van der Waals surface area (Å²) in [5.74, 6) is 0.178. The summed E-state index contributed by atoms with van der Waals surface area (Å²) in [4.78, 5) is 41.1. The molecule has 0 aromatic rings. The summed E-state index contributed by atoms with van der Waals surface area (Å²) >= 11 is 1.59. The second-order valence-corrected chi connectivity index (χ2v) is 15.8. The van der Waals surface area contributed by atoms with Crippen LogP contribution in [0.3, 0.4) is 0 Å². The molecule has 1 saturated heterocycles. The zero-order valence-electron chi connectivity index (χ0n) is 25.7. The maximum absolute atomic E-state index is 13.5. The highest BCUT2D eigenvalue weighted by Crippen LogP contribution is 2.68. The van der Waals surface area contributed by atoms with E-state index < -0.39 is 28.6 Å². The molecular formula is C32H51NO6S. The monoisotopic (exact) mass is 577 g/mol. The van der Waals surface area contributed by atoms with Gasteiger partial charge >= 0.3 is 12.1 Å². The number of Topliss-reactive ketones (excluding diaryl/α,β-unsaturated/α-hetero) is 1. The van der Waals surface area contributed by atoms with Gasteiger partial charge in [0.25, 0.3) is 0 Å². The highest BCUT2D eigenvalue weighted by molar-refractivity contribution is 8.00. The van der Waals surface area contributed by atoms with E-state index in [0.29, 0.717) is 25.9 Å². The summed E-state index contributed by atoms with van der Waals surface area (Å²) < 4.78 is 11.9. The van der Waals surface area contributed by atoms with Gasteiger partial charge in [0.1, 0.15) is 17.5 Å². The Bertz CT molecular complexity index is 1000. The molecule has 1 N–H and O–H groups in total. The first kappa shape index (κ1) is 31.4. The Morgan fingerprint density at radius 2 is 1.80 bits per heavy atom. The van der Waals surface area contributed by atoms with Crippen molar-refractivity contribution in [2.75, 3.05) is 18.8 Å². The minimum absolute atomic E-state index is 0.0440. The number of hydrogen-bond donors (Lipinski definition) is 1. The number of ether oxygens (including phenoxy) is 2. The smallest absolute Gasteiger partial charge is 0.410 e. The number of piperidine rings is 1. The van der Waals surface area contributed by atoms with Crippen LogP contribution in [0.2, 0.25) is 0 Å². The van der Waals surface area contributed by atoms with Crippen molar-refractivity contribution < 1.29 is 29.0 Å². The molecule has 2 bridgehead atoms. The number of aliphatic hydroxyl groups excluding tert-OH is 1. The molecule has 40 heavy (non-hydrogen) atoms.